The summed E-state index contributed by atoms with van der Waals surface area (Å²) in [7, 11) is 0. The molecule has 128 valence electrons. The van der Waals surface area contributed by atoms with Crippen LogP contribution < -0.4 is 9.64 Å². The number of nitrogens with zero attached hydrogens (tertiary/aromatic N) is 4. The first kappa shape index (κ1) is 15.8. The number of rotatable bonds is 7. The van der Waals surface area contributed by atoms with Gasteiger partial charge in [-0.25, -0.2) is 0 Å². The maximum Gasteiger partial charge on any atom is 0.228 e. The van der Waals surface area contributed by atoms with E-state index < -0.39 is 0 Å². The van der Waals surface area contributed by atoms with Crippen LogP contribution in [0.2, 0.25) is 0 Å². The zero-order chi connectivity index (χ0) is 16.2. The molecule has 1 saturated heterocycles. The van der Waals surface area contributed by atoms with Gasteiger partial charge in [0.2, 0.25) is 5.95 Å². The average molecular weight is 344 g/mol. The molecule has 0 N–H and O–H groups in total. The Bertz CT molecular complexity index is 650. The fraction of sp³-hybridized carbons (Fsp3) is 0.556. The summed E-state index contributed by atoms with van der Waals surface area (Å²) in [4.78, 5) is 2.42. The van der Waals surface area contributed by atoms with E-state index in [1.165, 1.54) is 32.1 Å². The summed E-state index contributed by atoms with van der Waals surface area (Å²) in [5.41, 5.74) is 0. The Morgan fingerprint density at radius 2 is 1.83 bits per heavy atom. The van der Waals surface area contributed by atoms with Crippen LogP contribution in [0.4, 0.5) is 5.95 Å². The highest BCUT2D eigenvalue weighted by molar-refractivity contribution is 7.99. The van der Waals surface area contributed by atoms with Gasteiger partial charge < -0.3 is 9.64 Å². The molecule has 4 rings (SSSR count). The molecule has 1 aliphatic heterocycles. The van der Waals surface area contributed by atoms with Gasteiger partial charge in [-0.1, -0.05) is 30.0 Å². The highest BCUT2D eigenvalue weighted by atomic mass is 32.2. The van der Waals surface area contributed by atoms with Crippen LogP contribution in [0.1, 0.15) is 38.1 Å². The summed E-state index contributed by atoms with van der Waals surface area (Å²) in [5, 5.41) is 10.0. The predicted octanol–water partition coefficient (Wildman–Crippen LogP) is 3.77. The van der Waals surface area contributed by atoms with Gasteiger partial charge in [0.05, 0.1) is 6.61 Å². The number of anilines is 1. The Morgan fingerprint density at radius 3 is 2.58 bits per heavy atom. The van der Waals surface area contributed by atoms with Gasteiger partial charge in [0.15, 0.2) is 5.16 Å². The zero-order valence-electron chi connectivity index (χ0n) is 13.9. The van der Waals surface area contributed by atoms with Crippen LogP contribution in [0.15, 0.2) is 35.5 Å². The fourth-order valence-corrected chi connectivity index (χ4v) is 3.96. The average Bonchev–Trinajstić information content (AvgIpc) is 3.40. The van der Waals surface area contributed by atoms with Crippen molar-refractivity contribution in [2.24, 2.45) is 0 Å². The summed E-state index contributed by atoms with van der Waals surface area (Å²) in [6, 6.07) is 10.6. The SMILES string of the molecule is c1ccc(OCCSc2nnc(N3CCCCC3)n2C2CC2)cc1. The molecule has 1 saturated carbocycles. The van der Waals surface area contributed by atoms with E-state index in [0.29, 0.717) is 12.6 Å². The molecule has 6 heteroatoms. The molecule has 0 unspecified atom stereocenters. The van der Waals surface area contributed by atoms with Crippen molar-refractivity contribution in [1.29, 1.82) is 0 Å². The molecule has 0 bridgehead atoms. The molecular weight excluding hydrogens is 320 g/mol. The molecule has 5 nitrogen and oxygen atoms in total. The molecule has 1 aromatic carbocycles. The number of thioether (sulfide) groups is 1. The third-order valence-corrected chi connectivity index (χ3v) is 5.43. The third kappa shape index (κ3) is 3.69. The van der Waals surface area contributed by atoms with Crippen molar-refractivity contribution in [3.8, 4) is 5.75 Å². The van der Waals surface area contributed by atoms with Gasteiger partial charge >= 0.3 is 0 Å². The molecule has 2 aliphatic rings. The number of aromatic nitrogens is 3. The van der Waals surface area contributed by atoms with Crippen molar-refractivity contribution in [3.05, 3.63) is 30.3 Å². The van der Waals surface area contributed by atoms with E-state index in [1.807, 2.05) is 30.3 Å². The largest absolute Gasteiger partial charge is 0.493 e. The maximum absolute atomic E-state index is 5.78. The quantitative estimate of drug-likeness (QED) is 0.565. The Balaban J connectivity index is 1.37. The zero-order valence-corrected chi connectivity index (χ0v) is 14.7. The normalized spacial score (nSPS) is 17.9. The smallest absolute Gasteiger partial charge is 0.228 e. The number of benzene rings is 1. The number of hydrogen-bond acceptors (Lipinski definition) is 5. The topological polar surface area (TPSA) is 43.2 Å². The summed E-state index contributed by atoms with van der Waals surface area (Å²) < 4.78 is 8.15. The lowest BCUT2D eigenvalue weighted by molar-refractivity contribution is 0.344. The van der Waals surface area contributed by atoms with Crippen LogP contribution in [0.3, 0.4) is 0 Å². The van der Waals surface area contributed by atoms with E-state index in [9.17, 15) is 0 Å². The van der Waals surface area contributed by atoms with Gasteiger partial charge in [-0.3, -0.25) is 4.57 Å². The van der Waals surface area contributed by atoms with Crippen LogP contribution in [0.25, 0.3) is 0 Å². The second-order valence-electron chi connectivity index (χ2n) is 6.44. The van der Waals surface area contributed by atoms with E-state index in [0.717, 1.165) is 35.7 Å². The molecule has 2 fully saturated rings. The minimum absolute atomic E-state index is 0.606. The Morgan fingerprint density at radius 1 is 1.04 bits per heavy atom. The molecule has 1 aromatic heterocycles. The van der Waals surface area contributed by atoms with Crippen molar-refractivity contribution in [3.63, 3.8) is 0 Å². The summed E-state index contributed by atoms with van der Waals surface area (Å²) in [5.74, 6) is 2.90. The number of para-hydroxylation sites is 1. The molecule has 0 atom stereocenters. The third-order valence-electron chi connectivity index (χ3n) is 4.52. The minimum atomic E-state index is 0.606. The lowest BCUT2D eigenvalue weighted by atomic mass is 10.1. The lowest BCUT2D eigenvalue weighted by Gasteiger charge is -2.27. The highest BCUT2D eigenvalue weighted by Gasteiger charge is 2.31. The van der Waals surface area contributed by atoms with E-state index in [4.69, 9.17) is 4.74 Å². The predicted molar refractivity (Wildman–Crippen MR) is 97.0 cm³/mol. The first-order valence-electron chi connectivity index (χ1n) is 8.92. The van der Waals surface area contributed by atoms with Crippen molar-refractivity contribution >= 4 is 17.7 Å². The molecule has 0 amide bonds. The van der Waals surface area contributed by atoms with Crippen LogP contribution in [-0.2, 0) is 0 Å². The van der Waals surface area contributed by atoms with E-state index in [1.54, 1.807) is 11.8 Å². The monoisotopic (exact) mass is 344 g/mol. The standard InChI is InChI=1S/C18H24N4OS/c1-3-7-16(8-4-1)23-13-14-24-18-20-19-17(22(18)15-9-10-15)21-11-5-2-6-12-21/h1,3-4,7-8,15H,2,5-6,9-14H2. The first-order valence-corrected chi connectivity index (χ1v) is 9.91. The van der Waals surface area contributed by atoms with Crippen LogP contribution in [-0.4, -0.2) is 40.2 Å². The van der Waals surface area contributed by atoms with Crippen LogP contribution >= 0.6 is 11.8 Å². The Hall–Kier alpha value is -1.69. The summed E-state index contributed by atoms with van der Waals surface area (Å²) in [6.45, 7) is 2.92. The number of hydrogen-bond donors (Lipinski definition) is 0. The maximum atomic E-state index is 5.78. The molecule has 0 spiro atoms. The van der Waals surface area contributed by atoms with Crippen molar-refractivity contribution in [1.82, 2.24) is 14.8 Å². The van der Waals surface area contributed by atoms with Gasteiger partial charge in [0.25, 0.3) is 0 Å². The second kappa shape index (κ2) is 7.47. The van der Waals surface area contributed by atoms with E-state index in [2.05, 4.69) is 19.7 Å². The van der Waals surface area contributed by atoms with Crippen LogP contribution in [0.5, 0.6) is 5.75 Å². The van der Waals surface area contributed by atoms with Gasteiger partial charge in [0, 0.05) is 24.9 Å². The Labute approximate surface area is 147 Å². The molecule has 1 aliphatic carbocycles. The van der Waals surface area contributed by atoms with Crippen molar-refractivity contribution in [2.45, 2.75) is 43.3 Å². The van der Waals surface area contributed by atoms with E-state index >= 15 is 0 Å². The molecule has 2 heterocycles. The van der Waals surface area contributed by atoms with E-state index in [-0.39, 0.29) is 0 Å². The van der Waals surface area contributed by atoms with Crippen molar-refractivity contribution < 1.29 is 4.74 Å². The molecular formula is C18H24N4OS. The van der Waals surface area contributed by atoms with Crippen LogP contribution in [0, 0.1) is 0 Å². The molecule has 0 radical (unpaired) electrons. The fourth-order valence-electron chi connectivity index (χ4n) is 3.14. The summed E-state index contributed by atoms with van der Waals surface area (Å²) >= 11 is 1.76. The van der Waals surface area contributed by atoms with Gasteiger partial charge in [-0.2, -0.15) is 0 Å². The summed E-state index contributed by atoms with van der Waals surface area (Å²) in [6.07, 6.45) is 6.39. The Kier molecular flexibility index (Phi) is 4.92. The van der Waals surface area contributed by atoms with Gasteiger partial charge in [0.1, 0.15) is 5.75 Å². The lowest BCUT2D eigenvalue weighted by Crippen LogP contribution is -2.31. The van der Waals surface area contributed by atoms with Gasteiger partial charge in [-0.05, 0) is 44.2 Å². The molecule has 2 aromatic rings. The second-order valence-corrected chi connectivity index (χ2v) is 7.50. The highest BCUT2D eigenvalue weighted by Crippen LogP contribution is 2.41. The first-order chi connectivity index (χ1) is 11.9. The number of piperidine rings is 1. The number of ether oxygens (including phenoxy) is 1. The van der Waals surface area contributed by atoms with Crippen molar-refractivity contribution in [2.75, 3.05) is 30.3 Å². The molecule has 24 heavy (non-hydrogen) atoms. The van der Waals surface area contributed by atoms with Gasteiger partial charge in [-0.15, -0.1) is 10.2 Å². The minimum Gasteiger partial charge on any atom is -0.493 e.